The van der Waals surface area contributed by atoms with Crippen molar-refractivity contribution in [2.75, 3.05) is 11.0 Å². The fourth-order valence-corrected chi connectivity index (χ4v) is 3.69. The van der Waals surface area contributed by atoms with Crippen LogP contribution in [-0.2, 0) is 16.6 Å². The molecule has 0 spiro atoms. The van der Waals surface area contributed by atoms with Gasteiger partial charge in [0.15, 0.2) is 5.78 Å². The Bertz CT molecular complexity index is 1190. The molecule has 154 valence electrons. The van der Waals surface area contributed by atoms with Crippen molar-refractivity contribution in [1.82, 2.24) is 5.32 Å². The van der Waals surface area contributed by atoms with Crippen LogP contribution in [0.15, 0.2) is 77.3 Å². The number of sulfonamides is 1. The number of ketones is 1. The van der Waals surface area contributed by atoms with Gasteiger partial charge in [0.1, 0.15) is 0 Å². The van der Waals surface area contributed by atoms with Crippen LogP contribution in [0.1, 0.15) is 31.8 Å². The highest BCUT2D eigenvalue weighted by molar-refractivity contribution is 9.10. The summed E-state index contributed by atoms with van der Waals surface area (Å²) in [5, 5.41) is 2.79. The van der Waals surface area contributed by atoms with Gasteiger partial charge in [-0.15, -0.1) is 0 Å². The molecule has 0 saturated carbocycles. The summed E-state index contributed by atoms with van der Waals surface area (Å²) < 4.78 is 26.0. The van der Waals surface area contributed by atoms with Crippen LogP contribution < -0.4 is 10.0 Å². The Morgan fingerprint density at radius 2 is 1.57 bits per heavy atom. The number of hydrogen-bond donors (Lipinski definition) is 2. The minimum atomic E-state index is -3.39. The molecule has 0 atom stereocenters. The number of benzene rings is 3. The van der Waals surface area contributed by atoms with E-state index < -0.39 is 15.9 Å². The summed E-state index contributed by atoms with van der Waals surface area (Å²) in [4.78, 5) is 25.6. The summed E-state index contributed by atoms with van der Waals surface area (Å²) >= 11 is 3.34. The summed E-state index contributed by atoms with van der Waals surface area (Å²) in [6.45, 7) is 0.179. The van der Waals surface area contributed by atoms with Crippen LogP contribution in [-0.4, -0.2) is 26.4 Å². The quantitative estimate of drug-likeness (QED) is 0.494. The number of hydrogen-bond acceptors (Lipinski definition) is 4. The zero-order valence-electron chi connectivity index (χ0n) is 16.1. The first kappa shape index (κ1) is 21.7. The summed E-state index contributed by atoms with van der Waals surface area (Å²) in [7, 11) is -3.39. The van der Waals surface area contributed by atoms with Crippen molar-refractivity contribution in [2.24, 2.45) is 0 Å². The van der Waals surface area contributed by atoms with Crippen molar-refractivity contribution >= 4 is 43.3 Å². The van der Waals surface area contributed by atoms with E-state index in [0.29, 0.717) is 22.4 Å². The first-order valence-corrected chi connectivity index (χ1v) is 11.7. The molecule has 1 amide bonds. The second kappa shape index (κ2) is 9.23. The summed E-state index contributed by atoms with van der Waals surface area (Å²) in [6.07, 6.45) is 1.07. The SMILES string of the molecule is CS(=O)(=O)Nc1cccc(CNC(=O)c2ccccc2C(=O)c2ccc(Br)cc2)c1. The lowest BCUT2D eigenvalue weighted by Gasteiger charge is -2.11. The molecule has 3 aromatic carbocycles. The van der Waals surface area contributed by atoms with E-state index in [-0.39, 0.29) is 17.9 Å². The fourth-order valence-electron chi connectivity index (χ4n) is 2.87. The van der Waals surface area contributed by atoms with Crippen molar-refractivity contribution in [3.63, 3.8) is 0 Å². The van der Waals surface area contributed by atoms with Gasteiger partial charge in [0.25, 0.3) is 5.91 Å². The Morgan fingerprint density at radius 1 is 0.900 bits per heavy atom. The predicted molar refractivity (Wildman–Crippen MR) is 120 cm³/mol. The maximum atomic E-state index is 12.9. The Labute approximate surface area is 183 Å². The van der Waals surface area contributed by atoms with Gasteiger partial charge in [0.2, 0.25) is 10.0 Å². The molecule has 0 unspecified atom stereocenters. The number of anilines is 1. The lowest BCUT2D eigenvalue weighted by molar-refractivity contribution is 0.0939. The number of rotatable bonds is 7. The van der Waals surface area contributed by atoms with Gasteiger partial charge in [-0.3, -0.25) is 14.3 Å². The maximum absolute atomic E-state index is 12.9. The predicted octanol–water partition coefficient (Wildman–Crippen LogP) is 3.98. The molecule has 8 heteroatoms. The normalized spacial score (nSPS) is 11.0. The van der Waals surface area contributed by atoms with Crippen LogP contribution >= 0.6 is 15.9 Å². The molecule has 0 bridgehead atoms. The smallest absolute Gasteiger partial charge is 0.252 e. The van der Waals surface area contributed by atoms with Crippen molar-refractivity contribution in [3.05, 3.63) is 99.5 Å². The van der Waals surface area contributed by atoms with Crippen molar-refractivity contribution < 1.29 is 18.0 Å². The molecule has 2 N–H and O–H groups in total. The molecule has 3 rings (SSSR count). The molecule has 0 heterocycles. The Kier molecular flexibility index (Phi) is 6.69. The van der Waals surface area contributed by atoms with Gasteiger partial charge < -0.3 is 5.32 Å². The second-order valence-electron chi connectivity index (χ2n) is 6.64. The van der Waals surface area contributed by atoms with Gasteiger partial charge >= 0.3 is 0 Å². The van der Waals surface area contributed by atoms with Crippen molar-refractivity contribution in [3.8, 4) is 0 Å². The largest absolute Gasteiger partial charge is 0.348 e. The molecular formula is C22H19BrN2O4S. The maximum Gasteiger partial charge on any atom is 0.252 e. The van der Waals surface area contributed by atoms with Gasteiger partial charge in [0.05, 0.1) is 11.8 Å². The molecule has 3 aromatic rings. The number of carbonyl (C=O) groups is 2. The van der Waals surface area contributed by atoms with Gasteiger partial charge in [-0.25, -0.2) is 8.42 Å². The summed E-state index contributed by atoms with van der Waals surface area (Å²) in [6, 6.07) is 20.3. The van der Waals surface area contributed by atoms with Gasteiger partial charge in [-0.2, -0.15) is 0 Å². The zero-order valence-corrected chi connectivity index (χ0v) is 18.5. The Balaban J connectivity index is 1.76. The molecule has 6 nitrogen and oxygen atoms in total. The topological polar surface area (TPSA) is 92.3 Å². The standard InChI is InChI=1S/C22H19BrN2O4S/c1-30(28,29)25-18-6-4-5-15(13-18)14-24-22(27)20-8-3-2-7-19(20)21(26)16-9-11-17(23)12-10-16/h2-13,25H,14H2,1H3,(H,24,27). The molecule has 0 aliphatic heterocycles. The molecule has 0 radical (unpaired) electrons. The highest BCUT2D eigenvalue weighted by atomic mass is 79.9. The van der Waals surface area contributed by atoms with Crippen molar-refractivity contribution in [1.29, 1.82) is 0 Å². The molecular weight excluding hydrogens is 468 g/mol. The van der Waals surface area contributed by atoms with Gasteiger partial charge in [0, 0.05) is 27.8 Å². The van der Waals surface area contributed by atoms with Crippen LogP contribution in [0.25, 0.3) is 0 Å². The van der Waals surface area contributed by atoms with E-state index in [1.54, 1.807) is 72.8 Å². The minimum absolute atomic E-state index is 0.179. The van der Waals surface area contributed by atoms with Crippen LogP contribution in [0.3, 0.4) is 0 Å². The first-order valence-electron chi connectivity index (χ1n) is 8.97. The lowest BCUT2D eigenvalue weighted by atomic mass is 9.98. The van der Waals surface area contributed by atoms with E-state index in [9.17, 15) is 18.0 Å². The number of amides is 1. The summed E-state index contributed by atoms with van der Waals surface area (Å²) in [5.41, 5.74) is 2.20. The average molecular weight is 487 g/mol. The van der Waals surface area contributed by atoms with Gasteiger partial charge in [-0.05, 0) is 48.0 Å². The van der Waals surface area contributed by atoms with E-state index in [1.807, 2.05) is 0 Å². The monoisotopic (exact) mass is 486 g/mol. The minimum Gasteiger partial charge on any atom is -0.348 e. The molecule has 30 heavy (non-hydrogen) atoms. The molecule has 0 fully saturated rings. The van der Waals surface area contributed by atoms with E-state index in [2.05, 4.69) is 26.0 Å². The fraction of sp³-hybridized carbons (Fsp3) is 0.0909. The Morgan fingerprint density at radius 3 is 2.23 bits per heavy atom. The molecule has 0 aliphatic rings. The van der Waals surface area contributed by atoms with Crippen LogP contribution in [0.5, 0.6) is 0 Å². The zero-order chi connectivity index (χ0) is 21.7. The van der Waals surface area contributed by atoms with Crippen LogP contribution in [0, 0.1) is 0 Å². The highest BCUT2D eigenvalue weighted by Crippen LogP contribution is 2.18. The van der Waals surface area contributed by atoms with Crippen molar-refractivity contribution in [2.45, 2.75) is 6.54 Å². The number of carbonyl (C=O) groups excluding carboxylic acids is 2. The third-order valence-corrected chi connectivity index (χ3v) is 5.34. The molecule has 0 aromatic heterocycles. The highest BCUT2D eigenvalue weighted by Gasteiger charge is 2.18. The number of halogens is 1. The van der Waals surface area contributed by atoms with Crippen LogP contribution in [0.2, 0.25) is 0 Å². The molecule has 0 aliphatic carbocycles. The van der Waals surface area contributed by atoms with E-state index in [4.69, 9.17) is 0 Å². The van der Waals surface area contributed by atoms with E-state index in [1.165, 1.54) is 0 Å². The average Bonchev–Trinajstić information content (AvgIpc) is 2.71. The Hall–Kier alpha value is -2.97. The summed E-state index contributed by atoms with van der Waals surface area (Å²) in [5.74, 6) is -0.634. The van der Waals surface area contributed by atoms with Gasteiger partial charge in [-0.1, -0.05) is 46.3 Å². The lowest BCUT2D eigenvalue weighted by Crippen LogP contribution is -2.25. The van der Waals surface area contributed by atoms with Crippen LogP contribution in [0.4, 0.5) is 5.69 Å². The third-order valence-electron chi connectivity index (χ3n) is 4.21. The third kappa shape index (κ3) is 5.77. The van der Waals surface area contributed by atoms with E-state index in [0.717, 1.165) is 10.7 Å². The molecule has 0 saturated heterocycles. The first-order chi connectivity index (χ1) is 14.2. The number of nitrogens with one attached hydrogen (secondary N) is 2. The van der Waals surface area contributed by atoms with E-state index >= 15 is 0 Å². The second-order valence-corrected chi connectivity index (χ2v) is 9.30.